The van der Waals surface area contributed by atoms with E-state index in [0.717, 1.165) is 4.90 Å². The van der Waals surface area contributed by atoms with Crippen molar-refractivity contribution in [1.82, 2.24) is 0 Å². The van der Waals surface area contributed by atoms with Crippen LogP contribution in [0.4, 0.5) is 25.0 Å². The largest absolute Gasteiger partial charge is 0.423 e. The van der Waals surface area contributed by atoms with Gasteiger partial charge >= 0.3 is 12.2 Å². The third kappa shape index (κ3) is 3.54. The van der Waals surface area contributed by atoms with E-state index in [0.29, 0.717) is 18.3 Å². The van der Waals surface area contributed by atoms with Gasteiger partial charge in [-0.05, 0) is 24.3 Å². The molecule has 0 saturated heterocycles. The lowest BCUT2D eigenvalue weighted by molar-refractivity contribution is -0.180. The quantitative estimate of drug-likeness (QED) is 0.822. The van der Waals surface area contributed by atoms with Crippen LogP contribution in [0, 0.1) is 0 Å². The van der Waals surface area contributed by atoms with Gasteiger partial charge in [0.25, 0.3) is 0 Å². The number of amides is 1. The van der Waals surface area contributed by atoms with E-state index in [9.17, 15) is 13.6 Å². The molecule has 0 unspecified atom stereocenters. The van der Waals surface area contributed by atoms with Crippen molar-refractivity contribution in [2.45, 2.75) is 13.0 Å². The first kappa shape index (κ1) is 14.0. The van der Waals surface area contributed by atoms with Crippen molar-refractivity contribution in [1.29, 1.82) is 0 Å². The van der Waals surface area contributed by atoms with Crippen molar-refractivity contribution in [3.05, 3.63) is 60.7 Å². The van der Waals surface area contributed by atoms with E-state index in [1.165, 1.54) is 0 Å². The van der Waals surface area contributed by atoms with Crippen LogP contribution in [-0.2, 0) is 4.74 Å². The number of carbonyl (C=O) groups excluding carboxylic acids is 1. The minimum atomic E-state index is -3.53. The molecule has 0 fully saturated rings. The molecule has 0 atom stereocenters. The van der Waals surface area contributed by atoms with Crippen LogP contribution in [0.25, 0.3) is 0 Å². The highest BCUT2D eigenvalue weighted by Gasteiger charge is 2.31. The highest BCUT2D eigenvalue weighted by Crippen LogP contribution is 2.27. The Morgan fingerprint density at radius 2 is 1.35 bits per heavy atom. The summed E-state index contributed by atoms with van der Waals surface area (Å²) in [6.45, 7) is 0.527. The molecule has 3 nitrogen and oxygen atoms in total. The van der Waals surface area contributed by atoms with Gasteiger partial charge in [-0.15, -0.1) is 0 Å². The van der Waals surface area contributed by atoms with Gasteiger partial charge in [0.2, 0.25) is 0 Å². The Balaban J connectivity index is 2.38. The fraction of sp³-hybridized carbons (Fsp3) is 0.133. The van der Waals surface area contributed by atoms with Crippen LogP contribution in [0.2, 0.25) is 0 Å². The van der Waals surface area contributed by atoms with Crippen molar-refractivity contribution >= 4 is 17.5 Å². The van der Waals surface area contributed by atoms with Gasteiger partial charge in [0, 0.05) is 6.92 Å². The zero-order valence-corrected chi connectivity index (χ0v) is 10.8. The van der Waals surface area contributed by atoms with Gasteiger partial charge in [-0.1, -0.05) is 36.4 Å². The standard InChI is InChI=1S/C15H13F2NO2/c1-15(16,17)20-14(19)18(12-8-4-2-5-9-12)13-10-6-3-7-11-13/h2-11H,1H3. The van der Waals surface area contributed by atoms with Crippen LogP contribution >= 0.6 is 0 Å². The van der Waals surface area contributed by atoms with Gasteiger partial charge in [0.05, 0.1) is 11.4 Å². The predicted octanol–water partition coefficient (Wildman–Crippen LogP) is 4.57. The Kier molecular flexibility index (Phi) is 3.98. The molecule has 0 aliphatic rings. The molecule has 104 valence electrons. The van der Waals surface area contributed by atoms with Gasteiger partial charge < -0.3 is 4.74 Å². The number of ether oxygens (including phenoxy) is 1. The zero-order valence-electron chi connectivity index (χ0n) is 10.8. The number of hydrogen-bond donors (Lipinski definition) is 0. The second-order valence-electron chi connectivity index (χ2n) is 4.18. The van der Waals surface area contributed by atoms with Crippen molar-refractivity contribution in [3.63, 3.8) is 0 Å². The first-order valence-electron chi connectivity index (χ1n) is 5.98. The fourth-order valence-electron chi connectivity index (χ4n) is 1.71. The molecule has 5 heteroatoms. The maximum atomic E-state index is 12.9. The van der Waals surface area contributed by atoms with Crippen molar-refractivity contribution in [3.8, 4) is 0 Å². The molecule has 0 saturated carbocycles. The first-order chi connectivity index (χ1) is 9.47. The van der Waals surface area contributed by atoms with Crippen molar-refractivity contribution in [2.24, 2.45) is 0 Å². The van der Waals surface area contributed by atoms with E-state index >= 15 is 0 Å². The second kappa shape index (κ2) is 5.69. The van der Waals surface area contributed by atoms with E-state index in [2.05, 4.69) is 4.74 Å². The summed E-state index contributed by atoms with van der Waals surface area (Å²) in [6.07, 6.45) is -4.66. The molecule has 0 aromatic heterocycles. The molecule has 0 aliphatic carbocycles. The molecule has 2 aromatic rings. The van der Waals surface area contributed by atoms with Gasteiger partial charge in [-0.3, -0.25) is 0 Å². The fourth-order valence-corrected chi connectivity index (χ4v) is 1.71. The minimum absolute atomic E-state index is 0.452. The molecular formula is C15H13F2NO2. The highest BCUT2D eigenvalue weighted by molar-refractivity contribution is 5.96. The molecule has 0 N–H and O–H groups in total. The lowest BCUT2D eigenvalue weighted by Gasteiger charge is -2.24. The summed E-state index contributed by atoms with van der Waals surface area (Å²) in [5, 5.41) is 0. The third-order valence-corrected chi connectivity index (χ3v) is 2.48. The average Bonchev–Trinajstić information content (AvgIpc) is 2.39. The lowest BCUT2D eigenvalue weighted by atomic mass is 10.2. The minimum Gasteiger partial charge on any atom is -0.383 e. The highest BCUT2D eigenvalue weighted by atomic mass is 19.3. The summed E-state index contributed by atoms with van der Waals surface area (Å²) in [5.41, 5.74) is 0.904. The SMILES string of the molecule is CC(F)(F)OC(=O)N(c1ccccc1)c1ccccc1. The van der Waals surface area contributed by atoms with Crippen LogP contribution in [0.5, 0.6) is 0 Å². The smallest absolute Gasteiger partial charge is 0.383 e. The number of anilines is 2. The zero-order chi connectivity index (χ0) is 14.6. The monoisotopic (exact) mass is 277 g/mol. The first-order valence-corrected chi connectivity index (χ1v) is 5.98. The number of alkyl halides is 2. The van der Waals surface area contributed by atoms with Crippen LogP contribution < -0.4 is 4.90 Å². The third-order valence-electron chi connectivity index (χ3n) is 2.48. The molecule has 0 heterocycles. The molecule has 1 amide bonds. The number of para-hydroxylation sites is 2. The molecule has 20 heavy (non-hydrogen) atoms. The molecule has 2 rings (SSSR count). The number of halogens is 2. The van der Waals surface area contributed by atoms with Gasteiger partial charge in [0.1, 0.15) is 0 Å². The van der Waals surface area contributed by atoms with E-state index < -0.39 is 12.2 Å². The summed E-state index contributed by atoms with van der Waals surface area (Å²) in [5.74, 6) is 0. The number of nitrogens with zero attached hydrogens (tertiary/aromatic N) is 1. The predicted molar refractivity (Wildman–Crippen MR) is 72.1 cm³/mol. The molecule has 0 radical (unpaired) electrons. The maximum Gasteiger partial charge on any atom is 0.423 e. The topological polar surface area (TPSA) is 29.5 Å². The van der Waals surface area contributed by atoms with Gasteiger partial charge in [-0.2, -0.15) is 8.78 Å². The Morgan fingerprint density at radius 3 is 1.70 bits per heavy atom. The van der Waals surface area contributed by atoms with Crippen LogP contribution in [0.15, 0.2) is 60.7 Å². The Hall–Kier alpha value is -2.43. The molecule has 0 spiro atoms. The average molecular weight is 277 g/mol. The van der Waals surface area contributed by atoms with E-state index in [4.69, 9.17) is 0 Å². The summed E-state index contributed by atoms with van der Waals surface area (Å²) in [4.78, 5) is 13.1. The van der Waals surface area contributed by atoms with Gasteiger partial charge in [-0.25, -0.2) is 9.69 Å². The summed E-state index contributed by atoms with van der Waals surface area (Å²) < 4.78 is 30.0. The van der Waals surface area contributed by atoms with Crippen LogP contribution in [0.3, 0.4) is 0 Å². The van der Waals surface area contributed by atoms with Crippen LogP contribution in [0.1, 0.15) is 6.92 Å². The van der Waals surface area contributed by atoms with E-state index in [-0.39, 0.29) is 0 Å². The number of hydrogen-bond acceptors (Lipinski definition) is 2. The normalized spacial score (nSPS) is 10.9. The number of benzene rings is 2. The maximum absolute atomic E-state index is 12.9. The van der Waals surface area contributed by atoms with E-state index in [1.54, 1.807) is 60.7 Å². The summed E-state index contributed by atoms with van der Waals surface area (Å²) in [6, 6.07) is 16.9. The van der Waals surface area contributed by atoms with Crippen molar-refractivity contribution < 1.29 is 18.3 Å². The Morgan fingerprint density at radius 1 is 0.950 bits per heavy atom. The number of rotatable bonds is 3. The Bertz CT molecular complexity index is 528. The van der Waals surface area contributed by atoms with Gasteiger partial charge in [0.15, 0.2) is 0 Å². The summed E-state index contributed by atoms with van der Waals surface area (Å²) in [7, 11) is 0. The molecular weight excluding hydrogens is 264 g/mol. The number of carbonyl (C=O) groups is 1. The Labute approximate surface area is 115 Å². The molecule has 2 aromatic carbocycles. The molecule has 0 bridgehead atoms. The van der Waals surface area contributed by atoms with E-state index in [1.807, 2.05) is 0 Å². The summed E-state index contributed by atoms with van der Waals surface area (Å²) >= 11 is 0. The molecule has 0 aliphatic heterocycles. The second-order valence-corrected chi connectivity index (χ2v) is 4.18. The van der Waals surface area contributed by atoms with Crippen molar-refractivity contribution in [2.75, 3.05) is 4.90 Å². The lowest BCUT2D eigenvalue weighted by Crippen LogP contribution is -2.32. The van der Waals surface area contributed by atoms with Crippen LogP contribution in [-0.4, -0.2) is 12.2 Å².